The van der Waals surface area contributed by atoms with E-state index in [4.69, 9.17) is 9.47 Å². The highest BCUT2D eigenvalue weighted by Crippen LogP contribution is 2.38. The molecule has 28 heavy (non-hydrogen) atoms. The molecule has 3 rings (SSSR count). The molecule has 0 spiro atoms. The smallest absolute Gasteiger partial charge is 0.418 e. The number of ether oxygens (including phenoxy) is 2. The van der Waals surface area contributed by atoms with Crippen LogP contribution >= 0.6 is 0 Å². The quantitative estimate of drug-likeness (QED) is 0.784. The number of carbonyl (C=O) groups is 1. The molecule has 1 aliphatic heterocycles. The first kappa shape index (κ1) is 20.0. The highest BCUT2D eigenvalue weighted by Gasteiger charge is 2.36. The van der Waals surface area contributed by atoms with E-state index in [0.29, 0.717) is 18.9 Å². The minimum absolute atomic E-state index is 0.0315. The Morgan fingerprint density at radius 1 is 1.14 bits per heavy atom. The molecule has 0 atom stereocenters. The number of morpholine rings is 1. The van der Waals surface area contributed by atoms with Crippen molar-refractivity contribution in [2.75, 3.05) is 25.0 Å². The zero-order valence-corrected chi connectivity index (χ0v) is 15.5. The molecule has 1 aliphatic rings. The summed E-state index contributed by atoms with van der Waals surface area (Å²) in [6.45, 7) is 4.57. The number of urea groups is 1. The van der Waals surface area contributed by atoms with E-state index in [2.05, 4.69) is 5.32 Å². The summed E-state index contributed by atoms with van der Waals surface area (Å²) < 4.78 is 51.6. The lowest BCUT2D eigenvalue weighted by Gasteiger charge is -2.38. The summed E-state index contributed by atoms with van der Waals surface area (Å²) in [7, 11) is 0. The van der Waals surface area contributed by atoms with Gasteiger partial charge in [0.2, 0.25) is 0 Å². The summed E-state index contributed by atoms with van der Waals surface area (Å²) in [4.78, 5) is 13.9. The maximum Gasteiger partial charge on any atom is 0.418 e. The van der Waals surface area contributed by atoms with Crippen LogP contribution < -0.4 is 10.1 Å². The Morgan fingerprint density at radius 2 is 1.86 bits per heavy atom. The van der Waals surface area contributed by atoms with E-state index in [0.717, 1.165) is 6.07 Å². The Hall–Kier alpha value is -2.74. The molecule has 1 fully saturated rings. The van der Waals surface area contributed by atoms with Gasteiger partial charge in [-0.1, -0.05) is 18.2 Å². The number of nitrogens with one attached hydrogen (secondary N) is 1. The topological polar surface area (TPSA) is 50.8 Å². The second-order valence-corrected chi connectivity index (χ2v) is 7.08. The monoisotopic (exact) mass is 394 g/mol. The normalized spacial score (nSPS) is 16.5. The predicted octanol–water partition coefficient (Wildman–Crippen LogP) is 5.14. The molecule has 150 valence electrons. The lowest BCUT2D eigenvalue weighted by Crippen LogP contribution is -2.51. The van der Waals surface area contributed by atoms with Gasteiger partial charge < -0.3 is 19.7 Å². The van der Waals surface area contributed by atoms with Gasteiger partial charge in [0.25, 0.3) is 0 Å². The van der Waals surface area contributed by atoms with Gasteiger partial charge in [-0.15, -0.1) is 0 Å². The van der Waals surface area contributed by atoms with Gasteiger partial charge in [-0.25, -0.2) is 4.79 Å². The molecule has 5 nitrogen and oxygen atoms in total. The van der Waals surface area contributed by atoms with Crippen LogP contribution in [0.2, 0.25) is 0 Å². The van der Waals surface area contributed by atoms with Gasteiger partial charge in [0, 0.05) is 6.54 Å². The second kappa shape index (κ2) is 7.71. The number of carbonyl (C=O) groups excluding carboxylic acids is 1. The van der Waals surface area contributed by atoms with E-state index in [1.165, 1.54) is 17.0 Å². The van der Waals surface area contributed by atoms with E-state index < -0.39 is 23.4 Å². The minimum atomic E-state index is -4.65. The third-order valence-electron chi connectivity index (χ3n) is 4.23. The highest BCUT2D eigenvalue weighted by atomic mass is 19.4. The predicted molar refractivity (Wildman–Crippen MR) is 98.6 cm³/mol. The molecule has 8 heteroatoms. The van der Waals surface area contributed by atoms with Crippen LogP contribution in [-0.4, -0.2) is 36.2 Å². The van der Waals surface area contributed by atoms with Gasteiger partial charge in [-0.2, -0.15) is 13.2 Å². The Balaban J connectivity index is 1.81. The Kier molecular flexibility index (Phi) is 5.51. The van der Waals surface area contributed by atoms with E-state index in [1.54, 1.807) is 30.3 Å². The number of nitrogens with zero attached hydrogens (tertiary/aromatic N) is 1. The molecule has 0 bridgehead atoms. The fourth-order valence-corrected chi connectivity index (χ4v) is 2.94. The minimum Gasteiger partial charge on any atom is -0.457 e. The molecule has 1 N–H and O–H groups in total. The van der Waals surface area contributed by atoms with Crippen LogP contribution in [-0.2, 0) is 10.9 Å². The molecular formula is C20H21F3N2O3. The van der Waals surface area contributed by atoms with Crippen molar-refractivity contribution >= 4 is 11.7 Å². The molecule has 0 saturated carbocycles. The van der Waals surface area contributed by atoms with E-state index in [-0.39, 0.29) is 18.0 Å². The third-order valence-corrected chi connectivity index (χ3v) is 4.23. The van der Waals surface area contributed by atoms with Crippen LogP contribution in [0.5, 0.6) is 11.5 Å². The Labute approximate surface area is 161 Å². The second-order valence-electron chi connectivity index (χ2n) is 7.08. The number of hydrogen-bond donors (Lipinski definition) is 1. The van der Waals surface area contributed by atoms with Crippen LogP contribution in [0.15, 0.2) is 48.5 Å². The molecule has 0 unspecified atom stereocenters. The number of rotatable bonds is 3. The Bertz CT molecular complexity index is 838. The van der Waals surface area contributed by atoms with E-state index >= 15 is 0 Å². The van der Waals surface area contributed by atoms with E-state index in [9.17, 15) is 18.0 Å². The SMILES string of the molecule is CC1(C)CN(C(=O)Nc2ccc(Oc3ccccc3)cc2C(F)(F)F)CCO1. The van der Waals surface area contributed by atoms with E-state index in [1.807, 2.05) is 13.8 Å². The zero-order chi connectivity index (χ0) is 20.4. The van der Waals surface area contributed by atoms with Crippen molar-refractivity contribution in [2.24, 2.45) is 0 Å². The highest BCUT2D eigenvalue weighted by molar-refractivity contribution is 5.90. The van der Waals surface area contributed by atoms with Crippen molar-refractivity contribution in [3.8, 4) is 11.5 Å². The van der Waals surface area contributed by atoms with Crippen LogP contribution in [0.3, 0.4) is 0 Å². The largest absolute Gasteiger partial charge is 0.457 e. The lowest BCUT2D eigenvalue weighted by atomic mass is 10.1. The molecule has 1 saturated heterocycles. The molecule has 0 aliphatic carbocycles. The molecular weight excluding hydrogens is 373 g/mol. The van der Waals surface area contributed by atoms with Gasteiger partial charge in [0.15, 0.2) is 0 Å². The van der Waals surface area contributed by atoms with Gasteiger partial charge in [0.05, 0.1) is 30.0 Å². The maximum absolute atomic E-state index is 13.5. The van der Waals surface area contributed by atoms with Crippen molar-refractivity contribution in [3.05, 3.63) is 54.1 Å². The molecule has 1 heterocycles. The summed E-state index contributed by atoms with van der Waals surface area (Å²) in [5.41, 5.74) is -1.83. The van der Waals surface area contributed by atoms with Crippen LogP contribution in [0.25, 0.3) is 0 Å². The molecule has 2 amide bonds. The summed E-state index contributed by atoms with van der Waals surface area (Å²) in [6.07, 6.45) is -4.65. The summed E-state index contributed by atoms with van der Waals surface area (Å²) >= 11 is 0. The van der Waals surface area contributed by atoms with Gasteiger partial charge in [-0.3, -0.25) is 0 Å². The lowest BCUT2D eigenvalue weighted by molar-refractivity contribution is -0.137. The van der Waals surface area contributed by atoms with Gasteiger partial charge in [0.1, 0.15) is 11.5 Å². The zero-order valence-electron chi connectivity index (χ0n) is 15.5. The first-order valence-corrected chi connectivity index (χ1v) is 8.78. The first-order valence-electron chi connectivity index (χ1n) is 8.78. The summed E-state index contributed by atoms with van der Waals surface area (Å²) in [5, 5.41) is 2.37. The number of alkyl halides is 3. The summed E-state index contributed by atoms with van der Waals surface area (Å²) in [5.74, 6) is 0.451. The standard InChI is InChI=1S/C20H21F3N2O3/c1-19(2)13-25(10-11-27-19)18(26)24-17-9-8-15(12-16(17)20(21,22)23)28-14-6-4-3-5-7-14/h3-9,12H,10-11,13H2,1-2H3,(H,24,26). The van der Waals surface area contributed by atoms with Crippen molar-refractivity contribution in [3.63, 3.8) is 0 Å². The number of benzene rings is 2. The number of para-hydroxylation sites is 1. The fraction of sp³-hybridized carbons (Fsp3) is 0.350. The average Bonchev–Trinajstić information content (AvgIpc) is 2.62. The fourth-order valence-electron chi connectivity index (χ4n) is 2.94. The average molecular weight is 394 g/mol. The molecule has 2 aromatic carbocycles. The molecule has 0 aromatic heterocycles. The number of anilines is 1. The third kappa shape index (κ3) is 4.95. The van der Waals surface area contributed by atoms with Gasteiger partial charge >= 0.3 is 12.2 Å². The first-order chi connectivity index (χ1) is 13.1. The van der Waals surface area contributed by atoms with Crippen molar-refractivity contribution in [2.45, 2.75) is 25.6 Å². The summed E-state index contributed by atoms with van der Waals surface area (Å²) in [6, 6.07) is 11.4. The maximum atomic E-state index is 13.5. The van der Waals surface area contributed by atoms with Gasteiger partial charge in [-0.05, 0) is 44.2 Å². The molecule has 0 radical (unpaired) electrons. The molecule has 2 aromatic rings. The number of amides is 2. The van der Waals surface area contributed by atoms with Crippen molar-refractivity contribution < 1.29 is 27.4 Å². The van der Waals surface area contributed by atoms with Crippen LogP contribution in [0.4, 0.5) is 23.7 Å². The van der Waals surface area contributed by atoms with Crippen LogP contribution in [0, 0.1) is 0 Å². The Morgan fingerprint density at radius 3 is 2.50 bits per heavy atom. The number of halogens is 3. The van der Waals surface area contributed by atoms with Crippen molar-refractivity contribution in [1.82, 2.24) is 4.90 Å². The van der Waals surface area contributed by atoms with Crippen LogP contribution in [0.1, 0.15) is 19.4 Å². The number of hydrogen-bond acceptors (Lipinski definition) is 3. The van der Waals surface area contributed by atoms with Crippen molar-refractivity contribution in [1.29, 1.82) is 0 Å².